The van der Waals surface area contributed by atoms with E-state index in [-0.39, 0.29) is 6.42 Å². The van der Waals surface area contributed by atoms with E-state index in [1.807, 2.05) is 5.38 Å². The minimum absolute atomic E-state index is 0.133. The van der Waals surface area contributed by atoms with Crippen LogP contribution >= 0.6 is 11.3 Å². The first-order valence-corrected chi connectivity index (χ1v) is 7.53. The fourth-order valence-electron chi connectivity index (χ4n) is 1.98. The molecule has 0 fully saturated rings. The van der Waals surface area contributed by atoms with Crippen molar-refractivity contribution in [3.8, 4) is 0 Å². The summed E-state index contributed by atoms with van der Waals surface area (Å²) in [6, 6.07) is 5.03. The Morgan fingerprint density at radius 1 is 1.36 bits per heavy atom. The standard InChI is InChI=1S/C15H15FN2O3S/c1-15(14(20)21,10-2-4-11(16)5-3-10)18-13(19)7-6-12-8-22-9-17-12/h2-5,8-9H,6-7H2,1H3,(H,18,19)(H,20,21). The number of benzene rings is 1. The van der Waals surface area contributed by atoms with Gasteiger partial charge in [0.25, 0.3) is 0 Å². The predicted octanol–water partition coefficient (Wildman–Crippen LogP) is 2.33. The normalized spacial score (nSPS) is 13.4. The van der Waals surface area contributed by atoms with Gasteiger partial charge in [0, 0.05) is 11.8 Å². The van der Waals surface area contributed by atoms with Crippen molar-refractivity contribution in [2.75, 3.05) is 0 Å². The van der Waals surface area contributed by atoms with Crippen molar-refractivity contribution in [3.63, 3.8) is 0 Å². The van der Waals surface area contributed by atoms with Gasteiger partial charge in [0.05, 0.1) is 11.2 Å². The number of hydrogen-bond acceptors (Lipinski definition) is 4. The van der Waals surface area contributed by atoms with E-state index >= 15 is 0 Å². The predicted molar refractivity (Wildman–Crippen MR) is 80.0 cm³/mol. The van der Waals surface area contributed by atoms with Gasteiger partial charge < -0.3 is 10.4 Å². The largest absolute Gasteiger partial charge is 0.479 e. The molecule has 2 rings (SSSR count). The first kappa shape index (κ1) is 16.1. The molecular weight excluding hydrogens is 307 g/mol. The molecule has 1 amide bonds. The molecule has 2 aromatic rings. The molecular formula is C15H15FN2O3S. The SMILES string of the molecule is CC(NC(=O)CCc1cscn1)(C(=O)O)c1ccc(F)cc1. The summed E-state index contributed by atoms with van der Waals surface area (Å²) >= 11 is 1.44. The smallest absolute Gasteiger partial charge is 0.333 e. The third-order valence-electron chi connectivity index (χ3n) is 3.33. The van der Waals surface area contributed by atoms with E-state index in [4.69, 9.17) is 0 Å². The van der Waals surface area contributed by atoms with Gasteiger partial charge in [-0.25, -0.2) is 14.2 Å². The van der Waals surface area contributed by atoms with Crippen LogP contribution in [-0.2, 0) is 21.5 Å². The molecule has 116 valence electrons. The summed E-state index contributed by atoms with van der Waals surface area (Å²) in [4.78, 5) is 27.6. The van der Waals surface area contributed by atoms with E-state index in [9.17, 15) is 19.1 Å². The van der Waals surface area contributed by atoms with Gasteiger partial charge in [-0.15, -0.1) is 11.3 Å². The number of aliphatic carboxylic acids is 1. The number of thiazole rings is 1. The summed E-state index contributed by atoms with van der Waals surface area (Å²) in [7, 11) is 0. The highest BCUT2D eigenvalue weighted by Gasteiger charge is 2.36. The Balaban J connectivity index is 2.09. The zero-order chi connectivity index (χ0) is 16.2. The van der Waals surface area contributed by atoms with Gasteiger partial charge in [0.2, 0.25) is 5.91 Å². The van der Waals surface area contributed by atoms with Crippen LogP contribution in [0, 0.1) is 5.82 Å². The highest BCUT2D eigenvalue weighted by Crippen LogP contribution is 2.22. The van der Waals surface area contributed by atoms with Gasteiger partial charge in [0.15, 0.2) is 5.54 Å². The van der Waals surface area contributed by atoms with Crippen molar-refractivity contribution in [3.05, 3.63) is 52.2 Å². The lowest BCUT2D eigenvalue weighted by molar-refractivity contribution is -0.147. The number of carbonyl (C=O) groups excluding carboxylic acids is 1. The number of carboxylic acid groups (broad SMARTS) is 1. The van der Waals surface area contributed by atoms with E-state index in [1.165, 1.54) is 30.4 Å². The van der Waals surface area contributed by atoms with Crippen LogP contribution in [0.3, 0.4) is 0 Å². The van der Waals surface area contributed by atoms with Crippen molar-refractivity contribution in [2.45, 2.75) is 25.3 Å². The summed E-state index contributed by atoms with van der Waals surface area (Å²) in [5.41, 5.74) is 1.17. The van der Waals surface area contributed by atoms with Crippen molar-refractivity contribution >= 4 is 23.2 Å². The first-order chi connectivity index (χ1) is 10.4. The van der Waals surface area contributed by atoms with Crippen LogP contribution in [0.4, 0.5) is 4.39 Å². The summed E-state index contributed by atoms with van der Waals surface area (Å²) in [5, 5.41) is 13.8. The zero-order valence-electron chi connectivity index (χ0n) is 11.9. The van der Waals surface area contributed by atoms with Crippen LogP contribution in [0.2, 0.25) is 0 Å². The second kappa shape index (κ2) is 6.65. The third-order valence-corrected chi connectivity index (χ3v) is 3.97. The highest BCUT2D eigenvalue weighted by molar-refractivity contribution is 7.07. The second-order valence-corrected chi connectivity index (χ2v) is 5.68. The van der Waals surface area contributed by atoms with E-state index in [2.05, 4.69) is 10.3 Å². The summed E-state index contributed by atoms with van der Waals surface area (Å²) in [5.74, 6) is -2.07. The summed E-state index contributed by atoms with van der Waals surface area (Å²) in [6.45, 7) is 1.38. The van der Waals surface area contributed by atoms with Crippen LogP contribution in [0.15, 0.2) is 35.2 Å². The zero-order valence-corrected chi connectivity index (χ0v) is 12.7. The monoisotopic (exact) mass is 322 g/mol. The summed E-state index contributed by atoms with van der Waals surface area (Å²) in [6.07, 6.45) is 0.572. The fraction of sp³-hybridized carbons (Fsp3) is 0.267. The lowest BCUT2D eigenvalue weighted by atomic mass is 9.91. The van der Waals surface area contributed by atoms with Crippen LogP contribution in [0.1, 0.15) is 24.6 Å². The molecule has 0 saturated heterocycles. The third kappa shape index (κ3) is 3.67. The molecule has 1 heterocycles. The second-order valence-electron chi connectivity index (χ2n) is 4.97. The van der Waals surface area contributed by atoms with Gasteiger partial charge in [0.1, 0.15) is 5.82 Å². The number of carboxylic acids is 1. The molecule has 0 aliphatic rings. The molecule has 0 spiro atoms. The van der Waals surface area contributed by atoms with Crippen LogP contribution in [0.5, 0.6) is 0 Å². The number of aromatic nitrogens is 1. The molecule has 7 heteroatoms. The molecule has 0 bridgehead atoms. The Morgan fingerprint density at radius 2 is 2.05 bits per heavy atom. The average molecular weight is 322 g/mol. The van der Waals surface area contributed by atoms with Gasteiger partial charge in [-0.05, 0) is 31.0 Å². The molecule has 1 atom stereocenters. The number of amides is 1. The van der Waals surface area contributed by atoms with E-state index in [1.54, 1.807) is 5.51 Å². The van der Waals surface area contributed by atoms with E-state index < -0.39 is 23.2 Å². The van der Waals surface area contributed by atoms with E-state index in [0.717, 1.165) is 17.8 Å². The molecule has 0 radical (unpaired) electrons. The first-order valence-electron chi connectivity index (χ1n) is 6.59. The van der Waals surface area contributed by atoms with Crippen molar-refractivity contribution in [2.24, 2.45) is 0 Å². The Kier molecular flexibility index (Phi) is 4.87. The molecule has 22 heavy (non-hydrogen) atoms. The number of nitrogens with one attached hydrogen (secondary N) is 1. The van der Waals surface area contributed by atoms with Crippen LogP contribution in [0.25, 0.3) is 0 Å². The highest BCUT2D eigenvalue weighted by atomic mass is 32.1. The van der Waals surface area contributed by atoms with Crippen LogP contribution in [-0.4, -0.2) is 22.0 Å². The number of halogens is 1. The van der Waals surface area contributed by atoms with Gasteiger partial charge in [-0.1, -0.05) is 12.1 Å². The quantitative estimate of drug-likeness (QED) is 0.855. The maximum absolute atomic E-state index is 13.0. The summed E-state index contributed by atoms with van der Waals surface area (Å²) < 4.78 is 13.0. The minimum Gasteiger partial charge on any atom is -0.479 e. The Morgan fingerprint density at radius 3 is 2.59 bits per heavy atom. The number of nitrogens with zero attached hydrogens (tertiary/aromatic N) is 1. The Hall–Kier alpha value is -2.28. The molecule has 5 nitrogen and oxygen atoms in total. The van der Waals surface area contributed by atoms with Gasteiger partial charge in [-0.3, -0.25) is 4.79 Å². The minimum atomic E-state index is -1.60. The maximum atomic E-state index is 13.0. The molecule has 0 aliphatic carbocycles. The number of aryl methyl sites for hydroxylation is 1. The molecule has 1 aromatic heterocycles. The van der Waals surface area contributed by atoms with Crippen molar-refractivity contribution < 1.29 is 19.1 Å². The lowest BCUT2D eigenvalue weighted by Gasteiger charge is -2.26. The van der Waals surface area contributed by atoms with Gasteiger partial charge >= 0.3 is 5.97 Å². The molecule has 0 saturated carbocycles. The van der Waals surface area contributed by atoms with E-state index in [0.29, 0.717) is 12.0 Å². The average Bonchev–Trinajstić information content (AvgIpc) is 2.98. The molecule has 1 unspecified atom stereocenters. The molecule has 1 aromatic carbocycles. The number of carbonyl (C=O) groups is 2. The fourth-order valence-corrected chi connectivity index (χ4v) is 2.57. The number of rotatable bonds is 6. The maximum Gasteiger partial charge on any atom is 0.333 e. The molecule has 0 aliphatic heterocycles. The van der Waals surface area contributed by atoms with Gasteiger partial charge in [-0.2, -0.15) is 0 Å². The topological polar surface area (TPSA) is 79.3 Å². The van der Waals surface area contributed by atoms with Crippen molar-refractivity contribution in [1.29, 1.82) is 0 Å². The van der Waals surface area contributed by atoms with Crippen molar-refractivity contribution in [1.82, 2.24) is 10.3 Å². The van der Waals surface area contributed by atoms with Crippen LogP contribution < -0.4 is 5.32 Å². The lowest BCUT2D eigenvalue weighted by Crippen LogP contribution is -2.49. The molecule has 2 N–H and O–H groups in total. The number of hydrogen-bond donors (Lipinski definition) is 2. The Bertz CT molecular complexity index is 658. The Labute approximate surface area is 130 Å².